The number of hydrogen-bond acceptors (Lipinski definition) is 2. The normalized spacial score (nSPS) is 12.3. The van der Waals surface area contributed by atoms with Gasteiger partial charge in [0.15, 0.2) is 0 Å². The maximum absolute atomic E-state index is 9.44. The number of nitrogens with one attached hydrogen (secondary N) is 1. The van der Waals surface area contributed by atoms with Crippen LogP contribution in [0, 0.1) is 0 Å². The van der Waals surface area contributed by atoms with Crippen LogP contribution in [0.2, 0.25) is 0 Å². The van der Waals surface area contributed by atoms with Gasteiger partial charge in [-0.3, -0.25) is 0 Å². The van der Waals surface area contributed by atoms with Crippen molar-refractivity contribution in [3.8, 4) is 5.75 Å². The van der Waals surface area contributed by atoms with E-state index in [9.17, 15) is 5.11 Å². The molecule has 2 nitrogen and oxygen atoms in total. The molecule has 0 fully saturated rings. The van der Waals surface area contributed by atoms with Crippen LogP contribution in [0.1, 0.15) is 23.6 Å². The van der Waals surface area contributed by atoms with Crippen LogP contribution in [-0.2, 0) is 6.42 Å². The number of benzene rings is 2. The molecule has 2 aromatic rings. The summed E-state index contributed by atoms with van der Waals surface area (Å²) in [6.45, 7) is 0. The number of hydrogen-bond donors (Lipinski definition) is 2. The van der Waals surface area contributed by atoms with Crippen molar-refractivity contribution in [3.05, 3.63) is 65.7 Å². The summed E-state index contributed by atoms with van der Waals surface area (Å²) in [5.41, 5.74) is 2.48. The van der Waals surface area contributed by atoms with Crippen LogP contribution in [0.3, 0.4) is 0 Å². The predicted octanol–water partition coefficient (Wildman–Crippen LogP) is 3.29. The van der Waals surface area contributed by atoms with E-state index in [-0.39, 0.29) is 0 Å². The molecule has 0 bridgehead atoms. The smallest absolute Gasteiger partial charge is 0.115 e. The Bertz CT molecular complexity index is 481. The molecule has 1 unspecified atom stereocenters. The molecule has 0 radical (unpaired) electrons. The van der Waals surface area contributed by atoms with Crippen LogP contribution >= 0.6 is 0 Å². The Labute approximate surface area is 108 Å². The SMILES string of the molecule is CNC(CCc1cccc(O)c1)c1ccccc1. The molecule has 2 heteroatoms. The lowest BCUT2D eigenvalue weighted by molar-refractivity contribution is 0.473. The molecule has 0 aliphatic rings. The van der Waals surface area contributed by atoms with Gasteiger partial charge in [0.05, 0.1) is 0 Å². The summed E-state index contributed by atoms with van der Waals surface area (Å²) in [7, 11) is 1.99. The quantitative estimate of drug-likeness (QED) is 0.842. The van der Waals surface area contributed by atoms with Gasteiger partial charge in [-0.25, -0.2) is 0 Å². The highest BCUT2D eigenvalue weighted by molar-refractivity contribution is 5.27. The second kappa shape index (κ2) is 6.22. The fourth-order valence-electron chi connectivity index (χ4n) is 2.19. The molecular formula is C16H19NO. The summed E-state index contributed by atoms with van der Waals surface area (Å²) >= 11 is 0. The average molecular weight is 241 g/mol. The van der Waals surface area contributed by atoms with Crippen LogP contribution in [0.15, 0.2) is 54.6 Å². The van der Waals surface area contributed by atoms with Crippen molar-refractivity contribution >= 4 is 0 Å². The summed E-state index contributed by atoms with van der Waals surface area (Å²) in [5, 5.41) is 12.8. The van der Waals surface area contributed by atoms with Gasteiger partial charge in [-0.15, -0.1) is 0 Å². The molecule has 0 saturated carbocycles. The first-order valence-electron chi connectivity index (χ1n) is 6.29. The monoisotopic (exact) mass is 241 g/mol. The summed E-state index contributed by atoms with van der Waals surface area (Å²) in [6.07, 6.45) is 1.97. The number of aromatic hydroxyl groups is 1. The lowest BCUT2D eigenvalue weighted by Gasteiger charge is -2.16. The van der Waals surface area contributed by atoms with Crippen molar-refractivity contribution in [1.29, 1.82) is 0 Å². The van der Waals surface area contributed by atoms with Crippen molar-refractivity contribution in [2.75, 3.05) is 7.05 Å². The van der Waals surface area contributed by atoms with E-state index in [4.69, 9.17) is 0 Å². The minimum Gasteiger partial charge on any atom is -0.508 e. The molecule has 0 aliphatic heterocycles. The molecule has 94 valence electrons. The van der Waals surface area contributed by atoms with Gasteiger partial charge < -0.3 is 10.4 Å². The van der Waals surface area contributed by atoms with Crippen molar-refractivity contribution in [1.82, 2.24) is 5.32 Å². The highest BCUT2D eigenvalue weighted by Crippen LogP contribution is 2.20. The number of phenols is 1. The average Bonchev–Trinajstić information content (AvgIpc) is 2.41. The summed E-state index contributed by atoms with van der Waals surface area (Å²) in [4.78, 5) is 0. The van der Waals surface area contributed by atoms with Crippen molar-refractivity contribution in [2.24, 2.45) is 0 Å². The molecule has 2 N–H and O–H groups in total. The van der Waals surface area contributed by atoms with Crippen LogP contribution in [0.25, 0.3) is 0 Å². The number of aryl methyl sites for hydroxylation is 1. The van der Waals surface area contributed by atoms with Crippen molar-refractivity contribution < 1.29 is 5.11 Å². The van der Waals surface area contributed by atoms with E-state index in [0.717, 1.165) is 12.8 Å². The largest absolute Gasteiger partial charge is 0.508 e. The van der Waals surface area contributed by atoms with Crippen LogP contribution in [0.4, 0.5) is 0 Å². The second-order valence-corrected chi connectivity index (χ2v) is 4.46. The van der Waals surface area contributed by atoms with Gasteiger partial charge in [0.2, 0.25) is 0 Å². The number of rotatable bonds is 5. The van der Waals surface area contributed by atoms with Crippen LogP contribution < -0.4 is 5.32 Å². The van der Waals surface area contributed by atoms with Gasteiger partial charge in [0, 0.05) is 6.04 Å². The van der Waals surface area contributed by atoms with Gasteiger partial charge >= 0.3 is 0 Å². The van der Waals surface area contributed by atoms with Crippen LogP contribution in [-0.4, -0.2) is 12.2 Å². The number of phenolic OH excluding ortho intramolecular Hbond substituents is 1. The van der Waals surface area contributed by atoms with E-state index in [1.54, 1.807) is 6.07 Å². The predicted molar refractivity (Wildman–Crippen MR) is 74.7 cm³/mol. The Balaban J connectivity index is 2.00. The first-order chi connectivity index (χ1) is 8.79. The molecule has 2 rings (SSSR count). The minimum atomic E-state index is 0.341. The highest BCUT2D eigenvalue weighted by atomic mass is 16.3. The topological polar surface area (TPSA) is 32.3 Å². The van der Waals surface area contributed by atoms with Crippen LogP contribution in [0.5, 0.6) is 5.75 Å². The van der Waals surface area contributed by atoms with Gasteiger partial charge in [-0.1, -0.05) is 42.5 Å². The molecule has 0 heterocycles. The lowest BCUT2D eigenvalue weighted by atomic mass is 9.99. The third-order valence-electron chi connectivity index (χ3n) is 3.18. The Morgan fingerprint density at radius 1 is 1.06 bits per heavy atom. The fraction of sp³-hybridized carbons (Fsp3) is 0.250. The van der Waals surface area contributed by atoms with Gasteiger partial charge in [-0.05, 0) is 43.1 Å². The molecule has 2 aromatic carbocycles. The third-order valence-corrected chi connectivity index (χ3v) is 3.18. The zero-order valence-corrected chi connectivity index (χ0v) is 10.6. The maximum atomic E-state index is 9.44. The fourth-order valence-corrected chi connectivity index (χ4v) is 2.19. The zero-order valence-electron chi connectivity index (χ0n) is 10.6. The van der Waals surface area contributed by atoms with Crippen molar-refractivity contribution in [2.45, 2.75) is 18.9 Å². The Morgan fingerprint density at radius 3 is 2.50 bits per heavy atom. The second-order valence-electron chi connectivity index (χ2n) is 4.46. The molecule has 18 heavy (non-hydrogen) atoms. The van der Waals surface area contributed by atoms with Crippen molar-refractivity contribution in [3.63, 3.8) is 0 Å². The highest BCUT2D eigenvalue weighted by Gasteiger charge is 2.08. The summed E-state index contributed by atoms with van der Waals surface area (Å²) in [6, 6.07) is 18.3. The van der Waals surface area contributed by atoms with Gasteiger partial charge in [0.25, 0.3) is 0 Å². The Kier molecular flexibility index (Phi) is 4.37. The first-order valence-corrected chi connectivity index (χ1v) is 6.29. The maximum Gasteiger partial charge on any atom is 0.115 e. The molecule has 0 amide bonds. The summed E-state index contributed by atoms with van der Waals surface area (Å²) in [5.74, 6) is 0.341. The van der Waals surface area contributed by atoms with E-state index in [1.807, 2.05) is 25.2 Å². The van der Waals surface area contributed by atoms with E-state index in [1.165, 1.54) is 11.1 Å². The van der Waals surface area contributed by atoms with Gasteiger partial charge in [0.1, 0.15) is 5.75 Å². The van der Waals surface area contributed by atoms with E-state index >= 15 is 0 Å². The first kappa shape index (κ1) is 12.7. The van der Waals surface area contributed by atoms with Gasteiger partial charge in [-0.2, -0.15) is 0 Å². The minimum absolute atomic E-state index is 0.341. The third kappa shape index (κ3) is 3.34. The Morgan fingerprint density at radius 2 is 1.83 bits per heavy atom. The standard InChI is InChI=1S/C16H19NO/c1-17-16(14-7-3-2-4-8-14)11-10-13-6-5-9-15(18)12-13/h2-9,12,16-18H,10-11H2,1H3. The van der Waals surface area contributed by atoms with E-state index < -0.39 is 0 Å². The Hall–Kier alpha value is -1.80. The molecule has 1 atom stereocenters. The molecule has 0 saturated heterocycles. The molecular weight excluding hydrogens is 222 g/mol. The van der Waals surface area contributed by atoms with E-state index in [2.05, 4.69) is 35.6 Å². The summed E-state index contributed by atoms with van der Waals surface area (Å²) < 4.78 is 0. The molecule has 0 aliphatic carbocycles. The van der Waals surface area contributed by atoms with E-state index in [0.29, 0.717) is 11.8 Å². The molecule has 0 spiro atoms. The zero-order chi connectivity index (χ0) is 12.8. The molecule has 0 aromatic heterocycles. The lowest BCUT2D eigenvalue weighted by Crippen LogP contribution is -2.16.